The van der Waals surface area contributed by atoms with Crippen molar-refractivity contribution >= 4 is 45.8 Å². The summed E-state index contributed by atoms with van der Waals surface area (Å²) in [4.78, 5) is 33.5. The van der Waals surface area contributed by atoms with Crippen molar-refractivity contribution in [2.75, 3.05) is 10.6 Å². The number of anilines is 2. The van der Waals surface area contributed by atoms with Gasteiger partial charge in [-0.1, -0.05) is 17.8 Å². The van der Waals surface area contributed by atoms with E-state index in [0.29, 0.717) is 28.8 Å². The van der Waals surface area contributed by atoms with Crippen LogP contribution < -0.4 is 15.4 Å². The van der Waals surface area contributed by atoms with Crippen LogP contribution in [0.3, 0.4) is 0 Å². The number of aliphatic imine (C=N–C) groups is 1. The Morgan fingerprint density at radius 3 is 2.67 bits per heavy atom. The number of aromatic nitrogens is 3. The fraction of sp³-hybridized carbons (Fsp3) is 0.348. The summed E-state index contributed by atoms with van der Waals surface area (Å²) in [5.41, 5.74) is 2.22. The molecule has 10 heteroatoms. The maximum Gasteiger partial charge on any atom is 0.240 e. The maximum absolute atomic E-state index is 12.8. The summed E-state index contributed by atoms with van der Waals surface area (Å²) >= 11 is 1.49. The van der Waals surface area contributed by atoms with E-state index in [1.165, 1.54) is 11.8 Å². The monoisotopic (exact) mass is 464 g/mol. The highest BCUT2D eigenvalue weighted by molar-refractivity contribution is 8.15. The van der Waals surface area contributed by atoms with Crippen molar-refractivity contribution in [3.8, 4) is 11.6 Å². The number of ether oxygens (including phenoxy) is 1. The lowest BCUT2D eigenvalue weighted by atomic mass is 10.1. The second-order valence-electron chi connectivity index (χ2n) is 8.36. The number of carbonyl (C=O) groups is 2. The van der Waals surface area contributed by atoms with E-state index in [4.69, 9.17) is 4.74 Å². The summed E-state index contributed by atoms with van der Waals surface area (Å²) < 4.78 is 7.50. The van der Waals surface area contributed by atoms with Crippen LogP contribution in [0.2, 0.25) is 0 Å². The largest absolute Gasteiger partial charge is 0.438 e. The predicted octanol–water partition coefficient (Wildman–Crippen LogP) is 4.04. The van der Waals surface area contributed by atoms with Gasteiger partial charge in [0.1, 0.15) is 11.0 Å². The molecule has 2 aliphatic rings. The summed E-state index contributed by atoms with van der Waals surface area (Å²) in [5, 5.41) is 10.9. The molecule has 2 aromatic heterocycles. The number of amides is 2. The van der Waals surface area contributed by atoms with Gasteiger partial charge in [0, 0.05) is 23.7 Å². The third-order valence-corrected chi connectivity index (χ3v) is 6.87. The van der Waals surface area contributed by atoms with Gasteiger partial charge in [0.15, 0.2) is 11.5 Å². The average Bonchev–Trinajstić information content (AvgIpc) is 3.46. The van der Waals surface area contributed by atoms with Crippen LogP contribution in [-0.2, 0) is 9.59 Å². The average molecular weight is 465 g/mol. The molecule has 9 nitrogen and oxygen atoms in total. The van der Waals surface area contributed by atoms with E-state index in [1.807, 2.05) is 32.9 Å². The molecule has 3 aromatic rings. The zero-order chi connectivity index (χ0) is 23.1. The number of nitrogens with zero attached hydrogens (tertiary/aromatic N) is 4. The number of imidazole rings is 1. The molecule has 2 amide bonds. The van der Waals surface area contributed by atoms with Crippen LogP contribution in [0.5, 0.6) is 11.6 Å². The molecular formula is C23H24N6O3S. The van der Waals surface area contributed by atoms with Crippen molar-refractivity contribution in [3.63, 3.8) is 0 Å². The second-order valence-corrected chi connectivity index (χ2v) is 9.69. The van der Waals surface area contributed by atoms with Gasteiger partial charge in [0.2, 0.25) is 17.7 Å². The van der Waals surface area contributed by atoms with Gasteiger partial charge in [0.25, 0.3) is 0 Å². The van der Waals surface area contributed by atoms with Crippen molar-refractivity contribution in [1.82, 2.24) is 14.6 Å². The predicted molar refractivity (Wildman–Crippen MR) is 128 cm³/mol. The summed E-state index contributed by atoms with van der Waals surface area (Å²) in [6, 6.07) is 8.93. The zero-order valence-corrected chi connectivity index (χ0v) is 19.3. The Kier molecular flexibility index (Phi) is 5.53. The molecule has 1 aliphatic carbocycles. The molecule has 0 spiro atoms. The summed E-state index contributed by atoms with van der Waals surface area (Å²) in [6.07, 6.45) is 3.52. The Labute approximate surface area is 195 Å². The topological polar surface area (TPSA) is 110 Å². The van der Waals surface area contributed by atoms with Crippen molar-refractivity contribution in [3.05, 3.63) is 42.1 Å². The van der Waals surface area contributed by atoms with Gasteiger partial charge < -0.3 is 15.4 Å². The van der Waals surface area contributed by atoms with Crippen LogP contribution in [0.25, 0.3) is 5.65 Å². The van der Waals surface area contributed by atoms with Crippen LogP contribution in [0.1, 0.15) is 32.3 Å². The minimum Gasteiger partial charge on any atom is -0.438 e. The highest BCUT2D eigenvalue weighted by Crippen LogP contribution is 2.31. The number of rotatable bonds is 6. The number of carbonyl (C=O) groups excluding carboxylic acids is 2. The van der Waals surface area contributed by atoms with Gasteiger partial charge >= 0.3 is 0 Å². The smallest absolute Gasteiger partial charge is 0.240 e. The molecule has 3 heterocycles. The minimum absolute atomic E-state index is 0.00349. The van der Waals surface area contributed by atoms with E-state index in [9.17, 15) is 9.59 Å². The zero-order valence-electron chi connectivity index (χ0n) is 18.5. The molecule has 170 valence electrons. The molecule has 1 aliphatic heterocycles. The summed E-state index contributed by atoms with van der Waals surface area (Å²) in [5.74, 6) is 1.40. The van der Waals surface area contributed by atoms with Crippen LogP contribution in [0, 0.1) is 12.8 Å². The Bertz CT molecular complexity index is 1280. The fourth-order valence-electron chi connectivity index (χ4n) is 3.62. The molecule has 0 saturated heterocycles. The summed E-state index contributed by atoms with van der Waals surface area (Å²) in [7, 11) is 0. The quantitative estimate of drug-likeness (QED) is 0.570. The maximum atomic E-state index is 12.8. The number of hydrogen-bond acceptors (Lipinski definition) is 7. The molecule has 0 radical (unpaired) electrons. The van der Waals surface area contributed by atoms with Crippen LogP contribution in [0.15, 0.2) is 41.5 Å². The van der Waals surface area contributed by atoms with Gasteiger partial charge in [-0.2, -0.15) is 0 Å². The minimum atomic E-state index is -0.242. The van der Waals surface area contributed by atoms with Crippen molar-refractivity contribution in [2.45, 2.75) is 44.9 Å². The molecule has 5 rings (SSSR count). The van der Waals surface area contributed by atoms with Crippen LogP contribution in [0.4, 0.5) is 11.5 Å². The number of fused-ring (bicyclic) bond motifs is 1. The Balaban J connectivity index is 1.29. The highest BCUT2D eigenvalue weighted by atomic mass is 32.2. The molecule has 1 fully saturated rings. The molecule has 33 heavy (non-hydrogen) atoms. The Hall–Kier alpha value is -3.40. The third kappa shape index (κ3) is 4.70. The Morgan fingerprint density at radius 1 is 1.12 bits per heavy atom. The van der Waals surface area contributed by atoms with Crippen molar-refractivity contribution in [2.24, 2.45) is 10.9 Å². The van der Waals surface area contributed by atoms with Gasteiger partial charge in [-0.3, -0.25) is 14.6 Å². The lowest BCUT2D eigenvalue weighted by Crippen LogP contribution is -2.31. The lowest BCUT2D eigenvalue weighted by Gasteiger charge is -2.16. The van der Waals surface area contributed by atoms with E-state index < -0.39 is 0 Å². The fourth-order valence-corrected chi connectivity index (χ4v) is 4.63. The molecular weight excluding hydrogens is 440 g/mol. The second kappa shape index (κ2) is 8.51. The van der Waals surface area contributed by atoms with Crippen LogP contribution >= 0.6 is 11.8 Å². The van der Waals surface area contributed by atoms with E-state index in [0.717, 1.165) is 23.4 Å². The van der Waals surface area contributed by atoms with E-state index >= 15 is 0 Å². The first-order chi connectivity index (χ1) is 15.9. The van der Waals surface area contributed by atoms with Crippen molar-refractivity contribution in [1.29, 1.82) is 0 Å². The molecule has 2 atom stereocenters. The molecule has 2 unspecified atom stereocenters. The van der Waals surface area contributed by atoms with E-state index in [-0.39, 0.29) is 29.0 Å². The molecule has 1 aromatic carbocycles. The van der Waals surface area contributed by atoms with Crippen molar-refractivity contribution < 1.29 is 14.3 Å². The number of nitrogens with one attached hydrogen (secondary N) is 2. The molecule has 1 saturated carbocycles. The van der Waals surface area contributed by atoms with Gasteiger partial charge in [-0.05, 0) is 51.3 Å². The lowest BCUT2D eigenvalue weighted by molar-refractivity contribution is -0.117. The molecule has 2 N–H and O–H groups in total. The first-order valence-corrected chi connectivity index (χ1v) is 11.7. The molecule has 0 bridgehead atoms. The van der Waals surface area contributed by atoms with E-state index in [1.54, 1.807) is 28.9 Å². The van der Waals surface area contributed by atoms with Gasteiger partial charge in [-0.25, -0.2) is 9.50 Å². The van der Waals surface area contributed by atoms with Crippen LogP contribution in [-0.4, -0.2) is 42.7 Å². The Morgan fingerprint density at radius 2 is 1.94 bits per heavy atom. The number of benzene rings is 1. The normalized spacial score (nSPS) is 19.9. The number of hydrogen-bond donors (Lipinski definition) is 2. The van der Waals surface area contributed by atoms with Gasteiger partial charge in [0.05, 0.1) is 17.3 Å². The number of thioether (sulfide) groups is 1. The third-order valence-electron chi connectivity index (χ3n) is 5.56. The van der Waals surface area contributed by atoms with E-state index in [2.05, 4.69) is 25.7 Å². The van der Waals surface area contributed by atoms with Gasteiger partial charge in [-0.15, -0.1) is 5.10 Å². The SMILES string of the molecule is CC1=NC(C)C(C(=O)Nc2cc(Oc3ccc4nc(NC(=O)C5CC5)cn4n3)ccc2C)S1. The highest BCUT2D eigenvalue weighted by Gasteiger charge is 2.31. The number of aryl methyl sites for hydroxylation is 1. The first-order valence-electron chi connectivity index (χ1n) is 10.8. The first kappa shape index (κ1) is 21.4. The standard InChI is InChI=1S/C23H24N6O3S/c1-12-4-7-16(10-17(12)25-23(31)21-13(2)24-14(3)33-21)32-20-9-8-19-26-18(11-29(19)28-20)27-22(30)15-5-6-15/h4,7-11,13,15,21H,5-6H2,1-3H3,(H,25,31)(H,27,30). The summed E-state index contributed by atoms with van der Waals surface area (Å²) in [6.45, 7) is 5.79.